The zero-order chi connectivity index (χ0) is 16.4. The topological polar surface area (TPSA) is 103 Å². The Hall–Kier alpha value is -2.95. The Morgan fingerprint density at radius 2 is 1.91 bits per heavy atom. The van der Waals surface area contributed by atoms with Gasteiger partial charge >= 0.3 is 0 Å². The molecular formula is C12H8F2N6O2S. The van der Waals surface area contributed by atoms with Gasteiger partial charge in [0.15, 0.2) is 5.82 Å². The van der Waals surface area contributed by atoms with Crippen molar-refractivity contribution in [3.05, 3.63) is 54.9 Å². The van der Waals surface area contributed by atoms with Crippen molar-refractivity contribution in [1.82, 2.24) is 24.7 Å². The van der Waals surface area contributed by atoms with Crippen LogP contribution >= 0.6 is 0 Å². The van der Waals surface area contributed by atoms with Gasteiger partial charge in [0.05, 0.1) is 0 Å². The fourth-order valence-electron chi connectivity index (χ4n) is 1.74. The zero-order valence-electron chi connectivity index (χ0n) is 11.3. The molecule has 0 aliphatic rings. The third-order valence-electron chi connectivity index (χ3n) is 2.73. The van der Waals surface area contributed by atoms with Crippen molar-refractivity contribution < 1.29 is 17.2 Å². The van der Waals surface area contributed by atoms with Gasteiger partial charge in [-0.05, 0) is 12.1 Å². The predicted octanol–water partition coefficient (Wildman–Crippen LogP) is 1.14. The van der Waals surface area contributed by atoms with Crippen LogP contribution in [0.3, 0.4) is 0 Å². The average Bonchev–Trinajstić information content (AvgIpc) is 3.00. The Balaban J connectivity index is 1.93. The summed E-state index contributed by atoms with van der Waals surface area (Å²) >= 11 is 0. The molecule has 1 aromatic carbocycles. The highest BCUT2D eigenvalue weighted by molar-refractivity contribution is 7.92. The fourth-order valence-corrected chi connectivity index (χ4v) is 2.80. The SMILES string of the molecule is O=S(=O)(Nc1cc(-n2cncn2)ncn1)c1ccc(F)cc1F. The molecule has 3 rings (SSSR count). The molecule has 1 N–H and O–H groups in total. The minimum Gasteiger partial charge on any atom is -0.263 e. The Bertz CT molecular complexity index is 946. The molecule has 8 nitrogen and oxygen atoms in total. The first kappa shape index (κ1) is 15.0. The summed E-state index contributed by atoms with van der Waals surface area (Å²) in [5.74, 6) is -1.93. The molecule has 0 saturated carbocycles. The van der Waals surface area contributed by atoms with E-state index >= 15 is 0 Å². The number of hydrogen-bond acceptors (Lipinski definition) is 6. The number of aromatic nitrogens is 5. The summed E-state index contributed by atoms with van der Waals surface area (Å²) in [6.07, 6.45) is 3.75. The number of halogens is 2. The highest BCUT2D eigenvalue weighted by Gasteiger charge is 2.20. The molecule has 0 aliphatic heterocycles. The third kappa shape index (κ3) is 3.13. The fraction of sp³-hybridized carbons (Fsp3) is 0. The van der Waals surface area contributed by atoms with Gasteiger partial charge in [0.2, 0.25) is 0 Å². The van der Waals surface area contributed by atoms with Gasteiger partial charge in [-0.1, -0.05) is 0 Å². The molecule has 23 heavy (non-hydrogen) atoms. The first-order valence-corrected chi connectivity index (χ1v) is 7.59. The molecule has 0 amide bonds. The van der Waals surface area contributed by atoms with Crippen LogP contribution in [0.15, 0.2) is 48.1 Å². The molecule has 11 heteroatoms. The molecule has 0 atom stereocenters. The predicted molar refractivity (Wildman–Crippen MR) is 74.1 cm³/mol. The summed E-state index contributed by atoms with van der Waals surface area (Å²) in [7, 11) is -4.27. The maximum atomic E-state index is 13.6. The van der Waals surface area contributed by atoms with Crippen LogP contribution < -0.4 is 4.72 Å². The second-order valence-electron chi connectivity index (χ2n) is 4.28. The van der Waals surface area contributed by atoms with Crippen molar-refractivity contribution in [2.75, 3.05) is 4.72 Å². The second-order valence-corrected chi connectivity index (χ2v) is 5.93. The smallest absolute Gasteiger partial charge is 0.263 e. The maximum Gasteiger partial charge on any atom is 0.265 e. The maximum absolute atomic E-state index is 13.6. The van der Waals surface area contributed by atoms with Gasteiger partial charge in [-0.25, -0.2) is 36.8 Å². The standard InChI is InChI=1S/C12H8F2N6O2S/c13-8-1-2-10(9(14)3-8)23(21,22)19-11-4-12(17-6-16-11)20-7-15-5-18-20/h1-7H,(H,16,17,19). The molecular weight excluding hydrogens is 330 g/mol. The molecule has 2 aromatic heterocycles. The number of anilines is 1. The Morgan fingerprint density at radius 1 is 1.09 bits per heavy atom. The van der Waals surface area contributed by atoms with Crippen molar-refractivity contribution in [3.63, 3.8) is 0 Å². The summed E-state index contributed by atoms with van der Waals surface area (Å²) in [5, 5.41) is 3.84. The summed E-state index contributed by atoms with van der Waals surface area (Å²) in [5.41, 5.74) is 0. The number of hydrogen-bond donors (Lipinski definition) is 1. The number of nitrogens with zero attached hydrogens (tertiary/aromatic N) is 5. The Morgan fingerprint density at radius 3 is 2.61 bits per heavy atom. The van der Waals surface area contributed by atoms with Crippen LogP contribution in [0.25, 0.3) is 5.82 Å². The van der Waals surface area contributed by atoms with Crippen molar-refractivity contribution in [3.8, 4) is 5.82 Å². The van der Waals surface area contributed by atoms with E-state index in [2.05, 4.69) is 24.8 Å². The molecule has 0 spiro atoms. The Kier molecular flexibility index (Phi) is 3.70. The minimum atomic E-state index is -4.27. The van der Waals surface area contributed by atoms with Crippen molar-refractivity contribution in [1.29, 1.82) is 0 Å². The molecule has 118 valence electrons. The van der Waals surface area contributed by atoms with Gasteiger partial charge in [0.25, 0.3) is 10.0 Å². The van der Waals surface area contributed by atoms with E-state index in [1.165, 1.54) is 23.4 Å². The van der Waals surface area contributed by atoms with E-state index in [9.17, 15) is 17.2 Å². The third-order valence-corrected chi connectivity index (χ3v) is 4.12. The van der Waals surface area contributed by atoms with E-state index in [0.717, 1.165) is 18.5 Å². The van der Waals surface area contributed by atoms with E-state index in [4.69, 9.17) is 0 Å². The minimum absolute atomic E-state index is 0.103. The van der Waals surface area contributed by atoms with Crippen molar-refractivity contribution in [2.24, 2.45) is 0 Å². The van der Waals surface area contributed by atoms with Crippen LogP contribution in [0, 0.1) is 11.6 Å². The number of sulfonamides is 1. The van der Waals surface area contributed by atoms with Crippen LogP contribution in [0.2, 0.25) is 0 Å². The van der Waals surface area contributed by atoms with Crippen LogP contribution in [0.1, 0.15) is 0 Å². The molecule has 0 saturated heterocycles. The van der Waals surface area contributed by atoms with E-state index in [1.807, 2.05) is 0 Å². The lowest BCUT2D eigenvalue weighted by atomic mass is 10.3. The normalized spacial score (nSPS) is 11.4. The van der Waals surface area contributed by atoms with Crippen LogP contribution in [0.4, 0.5) is 14.6 Å². The van der Waals surface area contributed by atoms with Crippen molar-refractivity contribution in [2.45, 2.75) is 4.90 Å². The molecule has 0 radical (unpaired) electrons. The van der Waals surface area contributed by atoms with Crippen LogP contribution in [0.5, 0.6) is 0 Å². The van der Waals surface area contributed by atoms with Crippen LogP contribution in [-0.4, -0.2) is 33.2 Å². The molecule has 0 aliphatic carbocycles. The second kappa shape index (κ2) is 5.68. The molecule has 0 bridgehead atoms. The summed E-state index contributed by atoms with van der Waals surface area (Å²) < 4.78 is 54.2. The number of nitrogens with one attached hydrogen (secondary N) is 1. The lowest BCUT2D eigenvalue weighted by Crippen LogP contribution is -2.16. The van der Waals surface area contributed by atoms with Gasteiger partial charge in [0, 0.05) is 12.1 Å². The van der Waals surface area contributed by atoms with Crippen LogP contribution in [-0.2, 0) is 10.0 Å². The summed E-state index contributed by atoms with van der Waals surface area (Å²) in [4.78, 5) is 10.7. The molecule has 0 unspecified atom stereocenters. The lowest BCUT2D eigenvalue weighted by molar-refractivity contribution is 0.551. The first-order chi connectivity index (χ1) is 11.0. The Labute approximate surface area is 128 Å². The largest absolute Gasteiger partial charge is 0.265 e. The van der Waals surface area contributed by atoms with E-state index in [1.54, 1.807) is 0 Å². The van der Waals surface area contributed by atoms with Gasteiger partial charge in [-0.15, -0.1) is 0 Å². The van der Waals surface area contributed by atoms with Gasteiger partial charge < -0.3 is 0 Å². The number of benzene rings is 1. The summed E-state index contributed by atoms with van der Waals surface area (Å²) in [6.45, 7) is 0. The lowest BCUT2D eigenvalue weighted by Gasteiger charge is -2.09. The van der Waals surface area contributed by atoms with Gasteiger partial charge in [-0.3, -0.25) is 4.72 Å². The van der Waals surface area contributed by atoms with E-state index in [0.29, 0.717) is 6.07 Å². The van der Waals surface area contributed by atoms with Gasteiger partial charge in [-0.2, -0.15) is 5.10 Å². The van der Waals surface area contributed by atoms with E-state index in [-0.39, 0.29) is 11.6 Å². The van der Waals surface area contributed by atoms with E-state index < -0.39 is 26.6 Å². The van der Waals surface area contributed by atoms with Gasteiger partial charge in [0.1, 0.15) is 41.3 Å². The molecule has 2 heterocycles. The zero-order valence-corrected chi connectivity index (χ0v) is 12.1. The highest BCUT2D eigenvalue weighted by Crippen LogP contribution is 2.19. The monoisotopic (exact) mass is 338 g/mol. The molecule has 3 aromatic rings. The number of rotatable bonds is 4. The van der Waals surface area contributed by atoms with Crippen molar-refractivity contribution >= 4 is 15.8 Å². The quantitative estimate of drug-likeness (QED) is 0.765. The highest BCUT2D eigenvalue weighted by atomic mass is 32.2. The summed E-state index contributed by atoms with van der Waals surface area (Å²) in [6, 6.07) is 3.44. The average molecular weight is 338 g/mol. The molecule has 0 fully saturated rings. The first-order valence-electron chi connectivity index (χ1n) is 6.10.